The lowest BCUT2D eigenvalue weighted by molar-refractivity contribution is 0.327. The fourth-order valence-corrected chi connectivity index (χ4v) is 3.19. The summed E-state index contributed by atoms with van der Waals surface area (Å²) in [4.78, 5) is 0. The predicted octanol–water partition coefficient (Wildman–Crippen LogP) is 0.784. The Hall–Kier alpha value is -1.51. The molecule has 118 valence electrons. The minimum absolute atomic E-state index is 0.00823. The Morgan fingerprint density at radius 1 is 1.24 bits per heavy atom. The summed E-state index contributed by atoms with van der Waals surface area (Å²) in [7, 11) is -0.462. The van der Waals surface area contributed by atoms with E-state index in [1.807, 2.05) is 12.1 Å². The van der Waals surface area contributed by atoms with E-state index in [2.05, 4.69) is 5.32 Å². The van der Waals surface area contributed by atoms with Crippen LogP contribution in [0.4, 0.5) is 5.69 Å². The van der Waals surface area contributed by atoms with Gasteiger partial charge >= 0.3 is 0 Å². The number of nitrogens with two attached hydrogens (primary N) is 1. The van der Waals surface area contributed by atoms with Gasteiger partial charge in [0.05, 0.1) is 14.2 Å². The van der Waals surface area contributed by atoms with E-state index < -0.39 is 10.2 Å². The molecular weight excluding hydrogens is 294 g/mol. The van der Waals surface area contributed by atoms with E-state index in [1.54, 1.807) is 20.3 Å². The third-order valence-electron chi connectivity index (χ3n) is 3.47. The molecule has 0 amide bonds. The van der Waals surface area contributed by atoms with E-state index in [0.717, 1.165) is 18.5 Å². The van der Waals surface area contributed by atoms with Crippen LogP contribution in [0, 0.1) is 0 Å². The number of benzene rings is 1. The van der Waals surface area contributed by atoms with Crippen molar-refractivity contribution in [2.75, 3.05) is 32.6 Å². The monoisotopic (exact) mass is 315 g/mol. The lowest BCUT2D eigenvalue weighted by Gasteiger charge is -2.31. The Morgan fingerprint density at radius 3 is 2.38 bits per heavy atom. The molecule has 0 saturated carbocycles. The molecule has 1 aliphatic rings. The van der Waals surface area contributed by atoms with Gasteiger partial charge in [0.2, 0.25) is 0 Å². The third-order valence-corrected chi connectivity index (χ3v) is 4.52. The molecule has 0 radical (unpaired) electrons. The summed E-state index contributed by atoms with van der Waals surface area (Å²) in [5.41, 5.74) is 0.826. The Labute approximate surface area is 125 Å². The standard InChI is InChI=1S/C13H21N3O4S/c1-19-12-6-11(7-13(8-12)20-2)15-10-4-3-5-16(9-10)21(14,17)18/h6-8,10,15H,3-5,9H2,1-2H3,(H2,14,17,18). The normalized spacial score (nSPS) is 20.0. The first-order valence-corrected chi connectivity index (χ1v) is 8.20. The number of methoxy groups -OCH3 is 2. The van der Waals surface area contributed by atoms with E-state index in [9.17, 15) is 8.42 Å². The molecular formula is C13H21N3O4S. The van der Waals surface area contributed by atoms with Crippen LogP contribution in [0.2, 0.25) is 0 Å². The summed E-state index contributed by atoms with van der Waals surface area (Å²) in [6.07, 6.45) is 1.65. The Morgan fingerprint density at radius 2 is 1.86 bits per heavy atom. The maximum atomic E-state index is 11.4. The summed E-state index contributed by atoms with van der Waals surface area (Å²) in [6, 6.07) is 5.48. The minimum atomic E-state index is -3.63. The molecule has 0 aromatic heterocycles. The van der Waals surface area contributed by atoms with Gasteiger partial charge in [0, 0.05) is 43.0 Å². The highest BCUT2D eigenvalue weighted by molar-refractivity contribution is 7.86. The van der Waals surface area contributed by atoms with Crippen molar-refractivity contribution in [1.82, 2.24) is 4.31 Å². The Balaban J connectivity index is 2.10. The van der Waals surface area contributed by atoms with Crippen molar-refractivity contribution < 1.29 is 17.9 Å². The molecule has 1 heterocycles. The first-order chi connectivity index (χ1) is 9.92. The molecule has 0 spiro atoms. The van der Waals surface area contributed by atoms with Gasteiger partial charge in [-0.15, -0.1) is 0 Å². The maximum absolute atomic E-state index is 11.4. The second-order valence-corrected chi connectivity index (χ2v) is 6.53. The molecule has 1 aromatic rings. The van der Waals surface area contributed by atoms with Crippen LogP contribution in [0.1, 0.15) is 12.8 Å². The molecule has 1 fully saturated rings. The summed E-state index contributed by atoms with van der Waals surface area (Å²) in [5.74, 6) is 1.35. The van der Waals surface area contributed by atoms with Crippen LogP contribution >= 0.6 is 0 Å². The zero-order valence-corrected chi connectivity index (χ0v) is 13.0. The number of anilines is 1. The number of piperidine rings is 1. The number of hydrogen-bond acceptors (Lipinski definition) is 5. The molecule has 0 bridgehead atoms. The quantitative estimate of drug-likeness (QED) is 0.837. The van der Waals surface area contributed by atoms with Crippen LogP contribution in [-0.2, 0) is 10.2 Å². The first kappa shape index (κ1) is 15.9. The zero-order valence-electron chi connectivity index (χ0n) is 12.2. The van der Waals surface area contributed by atoms with E-state index >= 15 is 0 Å². The topological polar surface area (TPSA) is 93.9 Å². The molecule has 1 saturated heterocycles. The average Bonchev–Trinajstić information content (AvgIpc) is 2.46. The molecule has 21 heavy (non-hydrogen) atoms. The van der Waals surface area contributed by atoms with Gasteiger partial charge < -0.3 is 14.8 Å². The molecule has 1 atom stereocenters. The molecule has 1 aromatic carbocycles. The third kappa shape index (κ3) is 4.23. The highest BCUT2D eigenvalue weighted by atomic mass is 32.2. The fraction of sp³-hybridized carbons (Fsp3) is 0.538. The van der Waals surface area contributed by atoms with Crippen molar-refractivity contribution >= 4 is 15.9 Å². The summed E-state index contributed by atoms with van der Waals surface area (Å²) in [6.45, 7) is 0.830. The highest BCUT2D eigenvalue weighted by Crippen LogP contribution is 2.27. The van der Waals surface area contributed by atoms with Gasteiger partial charge in [-0.2, -0.15) is 12.7 Å². The lowest BCUT2D eigenvalue weighted by Crippen LogP contribution is -2.47. The van der Waals surface area contributed by atoms with Crippen molar-refractivity contribution in [2.45, 2.75) is 18.9 Å². The first-order valence-electron chi connectivity index (χ1n) is 6.70. The van der Waals surface area contributed by atoms with Gasteiger partial charge in [-0.25, -0.2) is 5.14 Å². The van der Waals surface area contributed by atoms with E-state index in [4.69, 9.17) is 14.6 Å². The second-order valence-electron chi connectivity index (χ2n) is 4.99. The van der Waals surface area contributed by atoms with Crippen LogP contribution < -0.4 is 19.9 Å². The van der Waals surface area contributed by atoms with Crippen LogP contribution in [0.5, 0.6) is 11.5 Å². The largest absolute Gasteiger partial charge is 0.497 e. The highest BCUT2D eigenvalue weighted by Gasteiger charge is 2.26. The van der Waals surface area contributed by atoms with Gasteiger partial charge in [0.15, 0.2) is 0 Å². The molecule has 0 aliphatic carbocycles. The predicted molar refractivity (Wildman–Crippen MR) is 80.9 cm³/mol. The number of nitrogens with one attached hydrogen (secondary N) is 1. The zero-order chi connectivity index (χ0) is 15.5. The van der Waals surface area contributed by atoms with Gasteiger partial charge in [-0.05, 0) is 12.8 Å². The van der Waals surface area contributed by atoms with Crippen molar-refractivity contribution in [3.05, 3.63) is 18.2 Å². The van der Waals surface area contributed by atoms with E-state index in [1.165, 1.54) is 4.31 Å². The van der Waals surface area contributed by atoms with Crippen LogP contribution in [-0.4, -0.2) is 46.1 Å². The van der Waals surface area contributed by atoms with Gasteiger partial charge in [0.1, 0.15) is 11.5 Å². The molecule has 2 rings (SSSR count). The van der Waals surface area contributed by atoms with E-state index in [0.29, 0.717) is 24.6 Å². The fourth-order valence-electron chi connectivity index (χ4n) is 2.42. The van der Waals surface area contributed by atoms with Crippen LogP contribution in [0.3, 0.4) is 0 Å². The number of nitrogens with zero attached hydrogens (tertiary/aromatic N) is 1. The summed E-state index contributed by atoms with van der Waals surface area (Å²) in [5, 5.41) is 8.50. The molecule has 7 nitrogen and oxygen atoms in total. The summed E-state index contributed by atoms with van der Waals surface area (Å²) < 4.78 is 34.6. The molecule has 8 heteroatoms. The average molecular weight is 315 g/mol. The molecule has 1 unspecified atom stereocenters. The minimum Gasteiger partial charge on any atom is -0.497 e. The SMILES string of the molecule is COc1cc(NC2CCCN(S(N)(=O)=O)C2)cc(OC)c1. The van der Waals surface area contributed by atoms with Crippen molar-refractivity contribution in [3.8, 4) is 11.5 Å². The number of ether oxygens (including phenoxy) is 2. The van der Waals surface area contributed by atoms with Gasteiger partial charge in [-0.1, -0.05) is 0 Å². The number of hydrogen-bond donors (Lipinski definition) is 2. The smallest absolute Gasteiger partial charge is 0.276 e. The van der Waals surface area contributed by atoms with Gasteiger partial charge in [0.25, 0.3) is 10.2 Å². The maximum Gasteiger partial charge on any atom is 0.276 e. The second kappa shape index (κ2) is 6.50. The number of rotatable bonds is 5. The molecule has 1 aliphatic heterocycles. The Kier molecular flexibility index (Phi) is 4.92. The van der Waals surface area contributed by atoms with Gasteiger partial charge in [-0.3, -0.25) is 0 Å². The van der Waals surface area contributed by atoms with Crippen molar-refractivity contribution in [3.63, 3.8) is 0 Å². The summed E-state index contributed by atoms with van der Waals surface area (Å²) >= 11 is 0. The Bertz CT molecular complexity index is 569. The van der Waals surface area contributed by atoms with Crippen molar-refractivity contribution in [2.24, 2.45) is 5.14 Å². The van der Waals surface area contributed by atoms with Crippen molar-refractivity contribution in [1.29, 1.82) is 0 Å². The van der Waals surface area contributed by atoms with E-state index in [-0.39, 0.29) is 6.04 Å². The van der Waals surface area contributed by atoms with Crippen LogP contribution in [0.15, 0.2) is 18.2 Å². The molecule has 3 N–H and O–H groups in total. The van der Waals surface area contributed by atoms with Crippen LogP contribution in [0.25, 0.3) is 0 Å². The lowest BCUT2D eigenvalue weighted by atomic mass is 10.1.